The van der Waals surface area contributed by atoms with E-state index in [4.69, 9.17) is 4.99 Å². The van der Waals surface area contributed by atoms with Gasteiger partial charge in [0, 0.05) is 17.6 Å². The van der Waals surface area contributed by atoms with Crippen molar-refractivity contribution in [1.29, 1.82) is 0 Å². The molecule has 25 heavy (non-hydrogen) atoms. The Kier molecular flexibility index (Phi) is 4.31. The van der Waals surface area contributed by atoms with Crippen LogP contribution in [0.15, 0.2) is 59.2 Å². The van der Waals surface area contributed by atoms with Gasteiger partial charge in [0.25, 0.3) is 0 Å². The number of thiazole rings is 1. The van der Waals surface area contributed by atoms with Crippen molar-refractivity contribution in [3.63, 3.8) is 0 Å². The first kappa shape index (κ1) is 16.0. The molecule has 1 aliphatic carbocycles. The summed E-state index contributed by atoms with van der Waals surface area (Å²) < 4.78 is 31.2. The quantitative estimate of drug-likeness (QED) is 0.658. The maximum absolute atomic E-state index is 12.3. The minimum Gasteiger partial charge on any atom is -0.435 e. The summed E-state index contributed by atoms with van der Waals surface area (Å²) in [6, 6.07) is 10.9. The van der Waals surface area contributed by atoms with E-state index in [0.29, 0.717) is 6.04 Å². The van der Waals surface area contributed by atoms with Gasteiger partial charge in [-0.05, 0) is 54.8 Å². The molecule has 1 aliphatic rings. The second-order valence-electron chi connectivity index (χ2n) is 5.73. The molecule has 0 N–H and O–H groups in total. The monoisotopic (exact) mass is 359 g/mol. The molecule has 0 spiro atoms. The van der Waals surface area contributed by atoms with Crippen LogP contribution in [0.3, 0.4) is 0 Å². The van der Waals surface area contributed by atoms with Gasteiger partial charge in [-0.3, -0.25) is 4.98 Å². The van der Waals surface area contributed by atoms with E-state index in [2.05, 4.69) is 19.7 Å². The van der Waals surface area contributed by atoms with Crippen LogP contribution >= 0.6 is 11.3 Å². The smallest absolute Gasteiger partial charge is 0.387 e. The fourth-order valence-electron chi connectivity index (χ4n) is 2.64. The molecular weight excluding hydrogens is 344 g/mol. The largest absolute Gasteiger partial charge is 0.435 e. The topological polar surface area (TPSA) is 39.4 Å². The first-order valence-corrected chi connectivity index (χ1v) is 8.79. The highest BCUT2D eigenvalue weighted by atomic mass is 32.1. The standard InChI is InChI=1S/C18H15F2N3OS/c19-17(20)24-15-7-3-12(4-8-15)16-11-25-18(23(16)14-5-6-14)22-13-2-1-9-21-10-13/h1-4,7-11,14,17H,5-6H2. The molecule has 0 atom stereocenters. The maximum atomic E-state index is 12.3. The summed E-state index contributed by atoms with van der Waals surface area (Å²) in [5.74, 6) is 0.159. The van der Waals surface area contributed by atoms with Crippen LogP contribution in [0.25, 0.3) is 11.3 Å². The van der Waals surface area contributed by atoms with E-state index in [1.54, 1.807) is 48.0 Å². The summed E-state index contributed by atoms with van der Waals surface area (Å²) in [5, 5.41) is 2.05. The molecule has 7 heteroatoms. The molecule has 4 rings (SSSR count). The van der Waals surface area contributed by atoms with Crippen molar-refractivity contribution in [2.75, 3.05) is 0 Å². The summed E-state index contributed by atoms with van der Waals surface area (Å²) in [5.41, 5.74) is 2.81. The van der Waals surface area contributed by atoms with E-state index >= 15 is 0 Å². The molecule has 2 aromatic heterocycles. The lowest BCUT2D eigenvalue weighted by Gasteiger charge is -2.09. The second-order valence-corrected chi connectivity index (χ2v) is 6.57. The minimum absolute atomic E-state index is 0.159. The number of hydrogen-bond donors (Lipinski definition) is 0. The maximum Gasteiger partial charge on any atom is 0.387 e. The van der Waals surface area contributed by atoms with E-state index in [0.717, 1.165) is 34.6 Å². The molecule has 3 aromatic rings. The van der Waals surface area contributed by atoms with Crippen molar-refractivity contribution in [1.82, 2.24) is 9.55 Å². The number of nitrogens with zero attached hydrogens (tertiary/aromatic N) is 3. The average Bonchev–Trinajstić information content (AvgIpc) is 3.37. The molecule has 1 aromatic carbocycles. The molecule has 0 radical (unpaired) electrons. The highest BCUT2D eigenvalue weighted by Crippen LogP contribution is 2.38. The normalized spacial score (nSPS) is 14.9. The van der Waals surface area contributed by atoms with Crippen LogP contribution < -0.4 is 9.54 Å². The SMILES string of the molecule is FC(F)Oc1ccc(-c2csc(=Nc3cccnc3)n2C2CC2)cc1. The Balaban J connectivity index is 1.72. The van der Waals surface area contributed by atoms with E-state index in [1.165, 1.54) is 0 Å². The number of pyridine rings is 1. The summed E-state index contributed by atoms with van der Waals surface area (Å²) >= 11 is 1.57. The van der Waals surface area contributed by atoms with Crippen molar-refractivity contribution in [3.8, 4) is 17.0 Å². The summed E-state index contributed by atoms with van der Waals surface area (Å²) in [4.78, 5) is 9.71. The molecule has 128 valence electrons. The van der Waals surface area contributed by atoms with Crippen molar-refractivity contribution in [2.45, 2.75) is 25.5 Å². The van der Waals surface area contributed by atoms with Crippen LogP contribution in [-0.4, -0.2) is 16.2 Å². The highest BCUT2D eigenvalue weighted by Gasteiger charge is 2.27. The lowest BCUT2D eigenvalue weighted by molar-refractivity contribution is -0.0498. The molecule has 4 nitrogen and oxygen atoms in total. The Morgan fingerprint density at radius 2 is 2.00 bits per heavy atom. The third-order valence-corrected chi connectivity index (χ3v) is 4.74. The van der Waals surface area contributed by atoms with Crippen LogP contribution in [0, 0.1) is 0 Å². The van der Waals surface area contributed by atoms with Gasteiger partial charge in [-0.25, -0.2) is 4.99 Å². The van der Waals surface area contributed by atoms with Crippen molar-refractivity contribution in [3.05, 3.63) is 59.0 Å². The van der Waals surface area contributed by atoms with E-state index in [1.807, 2.05) is 12.1 Å². The van der Waals surface area contributed by atoms with Gasteiger partial charge in [-0.1, -0.05) is 0 Å². The van der Waals surface area contributed by atoms with Gasteiger partial charge in [-0.2, -0.15) is 8.78 Å². The molecule has 0 bridgehead atoms. The first-order valence-electron chi connectivity index (χ1n) is 7.91. The lowest BCUT2D eigenvalue weighted by atomic mass is 10.1. The molecule has 1 saturated carbocycles. The van der Waals surface area contributed by atoms with Crippen molar-refractivity contribution < 1.29 is 13.5 Å². The number of ether oxygens (including phenoxy) is 1. The van der Waals surface area contributed by atoms with Crippen LogP contribution in [-0.2, 0) is 0 Å². The second kappa shape index (κ2) is 6.76. The first-order chi connectivity index (χ1) is 12.2. The third kappa shape index (κ3) is 3.61. The number of alkyl halides is 2. The number of benzene rings is 1. The molecule has 0 amide bonds. The minimum atomic E-state index is -2.81. The highest BCUT2D eigenvalue weighted by molar-refractivity contribution is 7.07. The van der Waals surface area contributed by atoms with Crippen LogP contribution in [0.4, 0.5) is 14.5 Å². The average molecular weight is 359 g/mol. The number of hydrogen-bond acceptors (Lipinski definition) is 4. The fourth-order valence-corrected chi connectivity index (χ4v) is 3.62. The molecular formula is C18H15F2N3OS. The van der Waals surface area contributed by atoms with E-state index in [9.17, 15) is 8.78 Å². The molecule has 0 aliphatic heterocycles. The Labute approximate surface area is 147 Å². The molecule has 0 saturated heterocycles. The zero-order chi connectivity index (χ0) is 17.2. The van der Waals surface area contributed by atoms with Crippen LogP contribution in [0.5, 0.6) is 5.75 Å². The predicted octanol–water partition coefficient (Wildman–Crippen LogP) is 4.78. The molecule has 1 fully saturated rings. The Morgan fingerprint density at radius 1 is 1.20 bits per heavy atom. The predicted molar refractivity (Wildman–Crippen MR) is 92.1 cm³/mol. The van der Waals surface area contributed by atoms with Gasteiger partial charge < -0.3 is 9.30 Å². The summed E-state index contributed by atoms with van der Waals surface area (Å²) in [6.45, 7) is -2.81. The Bertz CT molecular complexity index is 915. The number of aromatic nitrogens is 2. The Morgan fingerprint density at radius 3 is 2.64 bits per heavy atom. The van der Waals surface area contributed by atoms with Gasteiger partial charge in [-0.15, -0.1) is 11.3 Å². The van der Waals surface area contributed by atoms with Gasteiger partial charge in [0.2, 0.25) is 0 Å². The van der Waals surface area contributed by atoms with Gasteiger partial charge in [0.05, 0.1) is 17.6 Å². The van der Waals surface area contributed by atoms with Crippen LogP contribution in [0.1, 0.15) is 18.9 Å². The molecule has 2 heterocycles. The summed E-state index contributed by atoms with van der Waals surface area (Å²) in [6.07, 6.45) is 5.69. The Hall–Kier alpha value is -2.54. The summed E-state index contributed by atoms with van der Waals surface area (Å²) in [7, 11) is 0. The van der Waals surface area contributed by atoms with Crippen molar-refractivity contribution in [2.24, 2.45) is 4.99 Å². The van der Waals surface area contributed by atoms with E-state index in [-0.39, 0.29) is 5.75 Å². The zero-order valence-corrected chi connectivity index (χ0v) is 14.0. The van der Waals surface area contributed by atoms with Gasteiger partial charge in [0.1, 0.15) is 5.75 Å². The lowest BCUT2D eigenvalue weighted by Crippen LogP contribution is -2.14. The number of rotatable bonds is 5. The van der Waals surface area contributed by atoms with Gasteiger partial charge in [0.15, 0.2) is 4.80 Å². The third-order valence-electron chi connectivity index (χ3n) is 3.90. The number of halogens is 2. The van der Waals surface area contributed by atoms with Gasteiger partial charge >= 0.3 is 6.61 Å². The zero-order valence-electron chi connectivity index (χ0n) is 13.2. The molecule has 0 unspecified atom stereocenters. The van der Waals surface area contributed by atoms with Crippen LogP contribution in [0.2, 0.25) is 0 Å². The van der Waals surface area contributed by atoms with E-state index < -0.39 is 6.61 Å². The van der Waals surface area contributed by atoms with Crippen molar-refractivity contribution >= 4 is 17.0 Å². The fraction of sp³-hybridized carbons (Fsp3) is 0.222.